The number of methoxy groups -OCH3 is 1. The average molecular weight is 602 g/mol. The van der Waals surface area contributed by atoms with Crippen LogP contribution in [0.5, 0.6) is 5.75 Å². The zero-order valence-electron chi connectivity index (χ0n) is 26.5. The van der Waals surface area contributed by atoms with Crippen molar-refractivity contribution < 1.29 is 9.53 Å². The second kappa shape index (κ2) is 12.0. The van der Waals surface area contributed by atoms with E-state index >= 15 is 0 Å². The number of carbonyl (C=O) groups excluding carboxylic acids is 1. The van der Waals surface area contributed by atoms with Crippen molar-refractivity contribution in [3.63, 3.8) is 0 Å². The maximum atomic E-state index is 13.1. The van der Waals surface area contributed by atoms with Crippen molar-refractivity contribution in [3.05, 3.63) is 89.3 Å². The SMILES string of the molecule is COc1cc(C(=O)CC2CCN(C)CC2)ccc1Cc1ncc2c(n1)-c1c(nn(C)c1-c1ccc(-c3cnn(C)c3)cc1)CC2. The van der Waals surface area contributed by atoms with E-state index in [1.807, 2.05) is 60.2 Å². The van der Waals surface area contributed by atoms with Gasteiger partial charge in [0.1, 0.15) is 11.6 Å². The van der Waals surface area contributed by atoms with Crippen molar-refractivity contribution in [3.8, 4) is 39.4 Å². The van der Waals surface area contributed by atoms with Gasteiger partial charge in [-0.05, 0) is 68.9 Å². The minimum Gasteiger partial charge on any atom is -0.496 e. The Kier molecular flexibility index (Phi) is 7.79. The quantitative estimate of drug-likeness (QED) is 0.215. The number of likely N-dealkylation sites (tertiary alicyclic amines) is 1. The van der Waals surface area contributed by atoms with Gasteiger partial charge in [-0.3, -0.25) is 14.2 Å². The fourth-order valence-electron chi connectivity index (χ4n) is 6.79. The first-order valence-corrected chi connectivity index (χ1v) is 15.8. The Morgan fingerprint density at radius 1 is 0.956 bits per heavy atom. The zero-order chi connectivity index (χ0) is 31.1. The van der Waals surface area contributed by atoms with Gasteiger partial charge in [0, 0.05) is 67.1 Å². The molecule has 3 aromatic heterocycles. The van der Waals surface area contributed by atoms with E-state index in [0.717, 1.165) is 89.2 Å². The summed E-state index contributed by atoms with van der Waals surface area (Å²) in [4.78, 5) is 25.4. The van der Waals surface area contributed by atoms with Crippen molar-refractivity contribution in [1.29, 1.82) is 0 Å². The topological polar surface area (TPSA) is 91.0 Å². The number of piperidine rings is 1. The molecule has 45 heavy (non-hydrogen) atoms. The number of hydrogen-bond donors (Lipinski definition) is 0. The van der Waals surface area contributed by atoms with Crippen LogP contribution in [0, 0.1) is 5.92 Å². The molecule has 0 bridgehead atoms. The molecule has 230 valence electrons. The van der Waals surface area contributed by atoms with Gasteiger partial charge in [0.15, 0.2) is 5.78 Å². The molecule has 1 aliphatic heterocycles. The molecule has 2 aliphatic rings. The first kappa shape index (κ1) is 29.1. The molecule has 5 aromatic rings. The van der Waals surface area contributed by atoms with Crippen molar-refractivity contribution in [2.24, 2.45) is 20.0 Å². The van der Waals surface area contributed by atoms with Crippen molar-refractivity contribution in [1.82, 2.24) is 34.4 Å². The van der Waals surface area contributed by atoms with Gasteiger partial charge in [-0.15, -0.1) is 0 Å². The number of carbonyl (C=O) groups is 1. The molecule has 0 amide bonds. The standard InChI is InChI=1S/C36H39N7O2/c1-41-15-13-23(14-16-41)17-31(44)26-9-10-27(32(18-26)45-4)19-33-37-20-28-11-12-30-34(35(28)39-33)36(43(3)40-30)25-7-5-24(6-8-25)29-21-38-42(2)22-29/h5-10,18,20-23H,11-17,19H2,1-4H3. The number of benzene rings is 2. The van der Waals surface area contributed by atoms with E-state index in [4.69, 9.17) is 19.8 Å². The summed E-state index contributed by atoms with van der Waals surface area (Å²) in [5.41, 5.74) is 10.2. The van der Waals surface area contributed by atoms with Crippen molar-refractivity contribution in [2.45, 2.75) is 38.5 Å². The van der Waals surface area contributed by atoms with E-state index < -0.39 is 0 Å². The molecular weight excluding hydrogens is 562 g/mol. The van der Waals surface area contributed by atoms with Crippen LogP contribution < -0.4 is 4.74 Å². The van der Waals surface area contributed by atoms with E-state index in [1.165, 1.54) is 0 Å². The number of ketones is 1. The second-order valence-electron chi connectivity index (χ2n) is 12.5. The minimum atomic E-state index is 0.185. The third-order valence-electron chi connectivity index (χ3n) is 9.37. The highest BCUT2D eigenvalue weighted by atomic mass is 16.5. The normalized spacial score (nSPS) is 15.1. The summed E-state index contributed by atoms with van der Waals surface area (Å²) >= 11 is 0. The predicted molar refractivity (Wildman–Crippen MR) is 174 cm³/mol. The van der Waals surface area contributed by atoms with E-state index in [0.29, 0.717) is 35.9 Å². The third-order valence-corrected chi connectivity index (χ3v) is 9.37. The molecule has 7 rings (SSSR count). The molecular formula is C36H39N7O2. The molecule has 2 aromatic carbocycles. The Morgan fingerprint density at radius 2 is 1.73 bits per heavy atom. The van der Waals surface area contributed by atoms with E-state index in [2.05, 4.69) is 41.3 Å². The number of nitrogens with zero attached hydrogens (tertiary/aromatic N) is 7. The average Bonchev–Trinajstić information content (AvgIpc) is 3.64. The van der Waals surface area contributed by atoms with Gasteiger partial charge in [-0.1, -0.05) is 36.4 Å². The third kappa shape index (κ3) is 5.80. The fraction of sp³-hybridized carbons (Fsp3) is 0.361. The Labute approximate surface area is 263 Å². The van der Waals surface area contributed by atoms with Gasteiger partial charge in [-0.25, -0.2) is 9.97 Å². The number of Topliss-reactive ketones (excluding diaryl/α,β-unsaturated/α-hetero) is 1. The molecule has 0 spiro atoms. The lowest BCUT2D eigenvalue weighted by Crippen LogP contribution is -2.31. The lowest BCUT2D eigenvalue weighted by Gasteiger charge is -2.28. The first-order chi connectivity index (χ1) is 21.9. The summed E-state index contributed by atoms with van der Waals surface area (Å²) < 4.78 is 9.56. The Morgan fingerprint density at radius 3 is 2.47 bits per heavy atom. The van der Waals surface area contributed by atoms with Gasteiger partial charge >= 0.3 is 0 Å². The number of hydrogen-bond acceptors (Lipinski definition) is 7. The lowest BCUT2D eigenvalue weighted by atomic mass is 9.89. The highest BCUT2D eigenvalue weighted by molar-refractivity contribution is 5.96. The molecule has 1 saturated heterocycles. The number of aryl methyl sites for hydroxylation is 4. The summed E-state index contributed by atoms with van der Waals surface area (Å²) in [5.74, 6) is 2.04. The van der Waals surface area contributed by atoms with Crippen LogP contribution in [0.15, 0.2) is 61.1 Å². The Balaban J connectivity index is 1.15. The van der Waals surface area contributed by atoms with E-state index in [1.54, 1.807) is 7.11 Å². The van der Waals surface area contributed by atoms with Gasteiger partial charge in [0.25, 0.3) is 0 Å². The fourth-order valence-corrected chi connectivity index (χ4v) is 6.79. The molecule has 4 heterocycles. The summed E-state index contributed by atoms with van der Waals surface area (Å²) in [7, 11) is 7.74. The summed E-state index contributed by atoms with van der Waals surface area (Å²) in [6, 6.07) is 14.4. The van der Waals surface area contributed by atoms with Crippen LogP contribution in [0.2, 0.25) is 0 Å². The number of ether oxygens (including phenoxy) is 1. The molecule has 0 atom stereocenters. The molecule has 0 radical (unpaired) electrons. The van der Waals surface area contributed by atoms with Gasteiger partial charge in [0.05, 0.1) is 30.4 Å². The van der Waals surface area contributed by atoms with E-state index in [9.17, 15) is 4.79 Å². The largest absolute Gasteiger partial charge is 0.496 e. The maximum Gasteiger partial charge on any atom is 0.163 e. The van der Waals surface area contributed by atoms with Crippen LogP contribution in [0.25, 0.3) is 33.6 Å². The molecule has 0 N–H and O–H groups in total. The highest BCUT2D eigenvalue weighted by Gasteiger charge is 2.27. The van der Waals surface area contributed by atoms with Crippen molar-refractivity contribution >= 4 is 5.78 Å². The van der Waals surface area contributed by atoms with Crippen LogP contribution >= 0.6 is 0 Å². The van der Waals surface area contributed by atoms with Crippen molar-refractivity contribution in [2.75, 3.05) is 27.2 Å². The second-order valence-corrected chi connectivity index (χ2v) is 12.5. The summed E-state index contributed by atoms with van der Waals surface area (Å²) in [6.45, 7) is 2.11. The smallest absolute Gasteiger partial charge is 0.163 e. The Hall–Kier alpha value is -4.63. The van der Waals surface area contributed by atoms with E-state index in [-0.39, 0.29) is 5.78 Å². The molecule has 1 fully saturated rings. The Bertz CT molecular complexity index is 1860. The molecule has 1 aliphatic carbocycles. The number of aromatic nitrogens is 6. The van der Waals surface area contributed by atoms with Crippen LogP contribution in [0.3, 0.4) is 0 Å². The van der Waals surface area contributed by atoms with Crippen LogP contribution in [-0.2, 0) is 33.4 Å². The molecule has 0 unspecified atom stereocenters. The molecule has 9 nitrogen and oxygen atoms in total. The van der Waals surface area contributed by atoms with Gasteiger partial charge in [-0.2, -0.15) is 10.2 Å². The van der Waals surface area contributed by atoms with Gasteiger partial charge < -0.3 is 9.64 Å². The summed E-state index contributed by atoms with van der Waals surface area (Å²) in [5, 5.41) is 9.22. The van der Waals surface area contributed by atoms with Gasteiger partial charge in [0.2, 0.25) is 0 Å². The summed E-state index contributed by atoms with van der Waals surface area (Å²) in [6.07, 6.45) is 10.8. The number of rotatable bonds is 8. The minimum absolute atomic E-state index is 0.185. The zero-order valence-corrected chi connectivity index (χ0v) is 26.5. The molecule has 9 heteroatoms. The highest BCUT2D eigenvalue weighted by Crippen LogP contribution is 2.40. The number of fused-ring (bicyclic) bond motifs is 3. The van der Waals surface area contributed by atoms with Crippen LogP contribution in [0.1, 0.15) is 52.3 Å². The molecule has 0 saturated carbocycles. The lowest BCUT2D eigenvalue weighted by molar-refractivity contribution is 0.0936. The van der Waals surface area contributed by atoms with Crippen LogP contribution in [0.4, 0.5) is 0 Å². The monoisotopic (exact) mass is 601 g/mol. The predicted octanol–water partition coefficient (Wildman–Crippen LogP) is 5.56. The van der Waals surface area contributed by atoms with Crippen LogP contribution in [-0.4, -0.2) is 67.5 Å². The maximum absolute atomic E-state index is 13.1. The first-order valence-electron chi connectivity index (χ1n) is 15.8.